The van der Waals surface area contributed by atoms with E-state index < -0.39 is 0 Å². The molecule has 0 bridgehead atoms. The maximum Gasteiger partial charge on any atom is 0.231 e. The first-order valence-electron chi connectivity index (χ1n) is 7.15. The van der Waals surface area contributed by atoms with Crippen molar-refractivity contribution in [1.29, 1.82) is 0 Å². The molecule has 3 rings (SSSR count). The van der Waals surface area contributed by atoms with Crippen LogP contribution >= 0.6 is 0 Å². The molecule has 0 saturated carbocycles. The lowest BCUT2D eigenvalue weighted by Gasteiger charge is -2.17. The first kappa shape index (κ1) is 13.6. The Morgan fingerprint density at radius 2 is 2.00 bits per heavy atom. The zero-order chi connectivity index (χ0) is 14.7. The van der Waals surface area contributed by atoms with Gasteiger partial charge in [-0.05, 0) is 43.7 Å². The van der Waals surface area contributed by atoms with Crippen molar-refractivity contribution in [1.82, 2.24) is 0 Å². The molecule has 0 aromatic heterocycles. The number of benzene rings is 2. The third-order valence-corrected chi connectivity index (χ3v) is 3.42. The summed E-state index contributed by atoms with van der Waals surface area (Å²) in [4.78, 5) is 0. The minimum Gasteiger partial charge on any atom is -0.494 e. The number of anilines is 1. The highest BCUT2D eigenvalue weighted by Gasteiger charge is 2.15. The summed E-state index contributed by atoms with van der Waals surface area (Å²) in [6.45, 7) is 5.07. The molecule has 4 heteroatoms. The fourth-order valence-corrected chi connectivity index (χ4v) is 2.36. The van der Waals surface area contributed by atoms with Crippen LogP contribution in [0.5, 0.6) is 17.2 Å². The molecule has 0 fully saturated rings. The molecule has 2 aromatic rings. The molecular weight excluding hydrogens is 266 g/mol. The van der Waals surface area contributed by atoms with Gasteiger partial charge in [0.1, 0.15) is 5.75 Å². The predicted octanol–water partition coefficient (Wildman–Crippen LogP) is 3.99. The van der Waals surface area contributed by atoms with Gasteiger partial charge in [-0.2, -0.15) is 0 Å². The van der Waals surface area contributed by atoms with Crippen molar-refractivity contribution in [2.24, 2.45) is 0 Å². The molecule has 0 radical (unpaired) electrons. The van der Waals surface area contributed by atoms with E-state index in [2.05, 4.69) is 18.3 Å². The lowest BCUT2D eigenvalue weighted by molar-refractivity contribution is 0.174. The molecule has 1 N–H and O–H groups in total. The van der Waals surface area contributed by atoms with E-state index in [-0.39, 0.29) is 6.04 Å². The minimum absolute atomic E-state index is 0.163. The Hall–Kier alpha value is -2.36. The topological polar surface area (TPSA) is 39.7 Å². The van der Waals surface area contributed by atoms with Crippen molar-refractivity contribution in [3.63, 3.8) is 0 Å². The fraction of sp³-hybridized carbons (Fsp3) is 0.294. The number of hydrogen-bond acceptors (Lipinski definition) is 4. The van der Waals surface area contributed by atoms with Gasteiger partial charge in [-0.1, -0.05) is 12.1 Å². The van der Waals surface area contributed by atoms with Crippen LogP contribution < -0.4 is 19.5 Å². The van der Waals surface area contributed by atoms with Crippen LogP contribution in [0.3, 0.4) is 0 Å². The molecular formula is C17H19NO3. The van der Waals surface area contributed by atoms with Crippen LogP contribution in [0.25, 0.3) is 0 Å². The molecule has 0 amide bonds. The molecule has 1 aliphatic heterocycles. The molecule has 0 aliphatic carbocycles. The summed E-state index contributed by atoms with van der Waals surface area (Å²) in [5, 5.41) is 3.47. The van der Waals surface area contributed by atoms with E-state index in [1.54, 1.807) is 0 Å². The quantitative estimate of drug-likeness (QED) is 0.901. The van der Waals surface area contributed by atoms with Crippen LogP contribution in [0.4, 0.5) is 5.69 Å². The lowest BCUT2D eigenvalue weighted by atomic mass is 10.1. The van der Waals surface area contributed by atoms with Crippen LogP contribution in [0.1, 0.15) is 25.5 Å². The Morgan fingerprint density at radius 1 is 1.14 bits per heavy atom. The van der Waals surface area contributed by atoms with Gasteiger partial charge in [0.15, 0.2) is 11.5 Å². The van der Waals surface area contributed by atoms with Crippen molar-refractivity contribution in [3.8, 4) is 17.2 Å². The van der Waals surface area contributed by atoms with Gasteiger partial charge < -0.3 is 19.5 Å². The van der Waals surface area contributed by atoms with Crippen molar-refractivity contribution >= 4 is 5.69 Å². The van der Waals surface area contributed by atoms with Crippen molar-refractivity contribution < 1.29 is 14.2 Å². The summed E-state index contributed by atoms with van der Waals surface area (Å²) in [7, 11) is 0. The van der Waals surface area contributed by atoms with Gasteiger partial charge in [0.05, 0.1) is 6.61 Å². The Balaban J connectivity index is 1.73. The highest BCUT2D eigenvalue weighted by atomic mass is 16.7. The summed E-state index contributed by atoms with van der Waals surface area (Å²) < 4.78 is 16.3. The average molecular weight is 285 g/mol. The molecule has 1 unspecified atom stereocenters. The van der Waals surface area contributed by atoms with Gasteiger partial charge in [-0.15, -0.1) is 0 Å². The van der Waals surface area contributed by atoms with Gasteiger partial charge in [-0.3, -0.25) is 0 Å². The highest BCUT2D eigenvalue weighted by molar-refractivity contribution is 5.51. The number of hydrogen-bond donors (Lipinski definition) is 1. The molecule has 0 spiro atoms. The third kappa shape index (κ3) is 3.05. The van der Waals surface area contributed by atoms with E-state index in [4.69, 9.17) is 14.2 Å². The smallest absolute Gasteiger partial charge is 0.231 e. The number of rotatable bonds is 5. The van der Waals surface area contributed by atoms with Crippen molar-refractivity contribution in [3.05, 3.63) is 48.0 Å². The molecule has 0 saturated heterocycles. The average Bonchev–Trinajstić information content (AvgIpc) is 2.95. The van der Waals surface area contributed by atoms with Gasteiger partial charge in [0.25, 0.3) is 0 Å². The zero-order valence-electron chi connectivity index (χ0n) is 12.3. The SMILES string of the molecule is CCOc1cccc(NC(C)c2ccc3c(c2)OCO3)c1. The summed E-state index contributed by atoms with van der Waals surface area (Å²) in [6.07, 6.45) is 0. The van der Waals surface area contributed by atoms with E-state index in [0.29, 0.717) is 13.4 Å². The Kier molecular flexibility index (Phi) is 3.86. The van der Waals surface area contributed by atoms with E-state index in [1.807, 2.05) is 43.3 Å². The van der Waals surface area contributed by atoms with Crippen LogP contribution in [0, 0.1) is 0 Å². The second-order valence-electron chi connectivity index (χ2n) is 4.94. The molecule has 21 heavy (non-hydrogen) atoms. The van der Waals surface area contributed by atoms with Gasteiger partial charge in [0, 0.05) is 17.8 Å². The standard InChI is InChI=1S/C17H19NO3/c1-3-19-15-6-4-5-14(10-15)18-12(2)13-7-8-16-17(9-13)21-11-20-16/h4-10,12,18H,3,11H2,1-2H3. The molecule has 2 aromatic carbocycles. The van der Waals surface area contributed by atoms with Crippen molar-refractivity contribution in [2.45, 2.75) is 19.9 Å². The van der Waals surface area contributed by atoms with E-state index in [9.17, 15) is 0 Å². The van der Waals surface area contributed by atoms with Crippen LogP contribution in [0.2, 0.25) is 0 Å². The normalized spacial score (nSPS) is 13.8. The number of ether oxygens (including phenoxy) is 3. The maximum absolute atomic E-state index is 5.52. The van der Waals surface area contributed by atoms with E-state index >= 15 is 0 Å². The molecule has 1 atom stereocenters. The molecule has 1 heterocycles. The third-order valence-electron chi connectivity index (χ3n) is 3.42. The summed E-state index contributed by atoms with van der Waals surface area (Å²) in [5.74, 6) is 2.49. The first-order chi connectivity index (χ1) is 10.3. The Bertz CT molecular complexity index is 627. The lowest BCUT2D eigenvalue weighted by Crippen LogP contribution is -2.06. The van der Waals surface area contributed by atoms with Gasteiger partial charge in [0.2, 0.25) is 6.79 Å². The van der Waals surface area contributed by atoms with Crippen LogP contribution in [-0.4, -0.2) is 13.4 Å². The molecule has 4 nitrogen and oxygen atoms in total. The number of nitrogens with one attached hydrogen (secondary N) is 1. The maximum atomic E-state index is 5.52. The highest BCUT2D eigenvalue weighted by Crippen LogP contribution is 2.35. The summed E-state index contributed by atoms with van der Waals surface area (Å²) in [5.41, 5.74) is 2.19. The van der Waals surface area contributed by atoms with Gasteiger partial charge in [-0.25, -0.2) is 0 Å². The first-order valence-corrected chi connectivity index (χ1v) is 7.15. The largest absolute Gasteiger partial charge is 0.494 e. The fourth-order valence-electron chi connectivity index (χ4n) is 2.36. The molecule has 1 aliphatic rings. The second-order valence-corrected chi connectivity index (χ2v) is 4.94. The van der Waals surface area contributed by atoms with Crippen LogP contribution in [-0.2, 0) is 0 Å². The summed E-state index contributed by atoms with van der Waals surface area (Å²) >= 11 is 0. The van der Waals surface area contributed by atoms with E-state index in [1.165, 1.54) is 0 Å². The second kappa shape index (κ2) is 5.95. The van der Waals surface area contributed by atoms with Crippen molar-refractivity contribution in [2.75, 3.05) is 18.7 Å². The van der Waals surface area contributed by atoms with Crippen LogP contribution in [0.15, 0.2) is 42.5 Å². The monoisotopic (exact) mass is 285 g/mol. The predicted molar refractivity (Wildman–Crippen MR) is 82.2 cm³/mol. The molecule has 110 valence electrons. The summed E-state index contributed by atoms with van der Waals surface area (Å²) in [6, 6.07) is 14.2. The van der Waals surface area contributed by atoms with Gasteiger partial charge >= 0.3 is 0 Å². The minimum atomic E-state index is 0.163. The Morgan fingerprint density at radius 3 is 2.86 bits per heavy atom. The number of fused-ring (bicyclic) bond motifs is 1. The van der Waals surface area contributed by atoms with E-state index in [0.717, 1.165) is 28.5 Å². The Labute approximate surface area is 124 Å². The zero-order valence-corrected chi connectivity index (χ0v) is 12.3.